The first kappa shape index (κ1) is 17.4. The summed E-state index contributed by atoms with van der Waals surface area (Å²) < 4.78 is 33.4. The van der Waals surface area contributed by atoms with Crippen molar-refractivity contribution in [2.24, 2.45) is 0 Å². The molecular formula is C16H23F2NO2. The molecule has 118 valence electrons. The molecule has 0 spiro atoms. The van der Waals surface area contributed by atoms with Gasteiger partial charge in [-0.3, -0.25) is 0 Å². The van der Waals surface area contributed by atoms with E-state index in [1.54, 1.807) is 12.1 Å². The van der Waals surface area contributed by atoms with Crippen molar-refractivity contribution >= 4 is 0 Å². The molecule has 0 bridgehead atoms. The lowest BCUT2D eigenvalue weighted by atomic mass is 10.1. The van der Waals surface area contributed by atoms with Gasteiger partial charge < -0.3 is 14.8 Å². The maximum Gasteiger partial charge on any atom is 0.387 e. The molecular weight excluding hydrogens is 276 g/mol. The number of aryl methyl sites for hydroxylation is 1. The van der Waals surface area contributed by atoms with Crippen LogP contribution in [0.15, 0.2) is 37.1 Å². The molecule has 1 aromatic carbocycles. The molecule has 1 rings (SSSR count). The van der Waals surface area contributed by atoms with Crippen LogP contribution in [-0.2, 0) is 11.2 Å². The van der Waals surface area contributed by atoms with Gasteiger partial charge in [0.25, 0.3) is 0 Å². The Balaban J connectivity index is 2.20. The first-order valence-electron chi connectivity index (χ1n) is 7.11. The fraction of sp³-hybridized carbons (Fsp3) is 0.500. The lowest BCUT2D eigenvalue weighted by Gasteiger charge is -2.14. The van der Waals surface area contributed by atoms with E-state index < -0.39 is 6.61 Å². The normalized spacial score (nSPS) is 12.2. The minimum Gasteiger partial charge on any atom is -0.502 e. The fourth-order valence-corrected chi connectivity index (χ4v) is 1.91. The highest BCUT2D eigenvalue weighted by atomic mass is 19.3. The summed E-state index contributed by atoms with van der Waals surface area (Å²) in [6.45, 7) is 4.41. The van der Waals surface area contributed by atoms with Crippen LogP contribution >= 0.6 is 0 Å². The second kappa shape index (κ2) is 10.2. The van der Waals surface area contributed by atoms with Crippen molar-refractivity contribution in [3.05, 3.63) is 42.7 Å². The number of halogens is 2. The SMILES string of the molecule is C=COCCCNC(C)CCc1ccc(OC(F)F)cc1. The maximum atomic E-state index is 12.0. The van der Waals surface area contributed by atoms with Crippen LogP contribution in [-0.4, -0.2) is 25.8 Å². The third kappa shape index (κ3) is 8.30. The van der Waals surface area contributed by atoms with Crippen molar-refractivity contribution in [2.75, 3.05) is 13.2 Å². The second-order valence-corrected chi connectivity index (χ2v) is 4.81. The van der Waals surface area contributed by atoms with Gasteiger partial charge in [0.15, 0.2) is 0 Å². The van der Waals surface area contributed by atoms with Gasteiger partial charge in [0.05, 0.1) is 12.9 Å². The smallest absolute Gasteiger partial charge is 0.387 e. The van der Waals surface area contributed by atoms with Crippen molar-refractivity contribution in [1.29, 1.82) is 0 Å². The van der Waals surface area contributed by atoms with E-state index in [0.717, 1.165) is 31.4 Å². The van der Waals surface area contributed by atoms with Crippen LogP contribution in [0, 0.1) is 0 Å². The summed E-state index contributed by atoms with van der Waals surface area (Å²) in [7, 11) is 0. The zero-order valence-electron chi connectivity index (χ0n) is 12.4. The van der Waals surface area contributed by atoms with E-state index in [0.29, 0.717) is 12.6 Å². The first-order chi connectivity index (χ1) is 10.1. The maximum absolute atomic E-state index is 12.0. The molecule has 1 unspecified atom stereocenters. The van der Waals surface area contributed by atoms with Crippen LogP contribution in [0.2, 0.25) is 0 Å². The number of benzene rings is 1. The Morgan fingerprint density at radius 2 is 2.00 bits per heavy atom. The molecule has 0 aliphatic carbocycles. The third-order valence-corrected chi connectivity index (χ3v) is 3.06. The zero-order valence-corrected chi connectivity index (χ0v) is 12.4. The predicted octanol–water partition coefficient (Wildman–Crippen LogP) is 3.75. The Hall–Kier alpha value is -1.62. The number of hydrogen-bond acceptors (Lipinski definition) is 3. The van der Waals surface area contributed by atoms with Gasteiger partial charge in [-0.2, -0.15) is 8.78 Å². The summed E-state index contributed by atoms with van der Waals surface area (Å²) in [5.74, 6) is 0.196. The highest BCUT2D eigenvalue weighted by Gasteiger charge is 2.05. The summed E-state index contributed by atoms with van der Waals surface area (Å²) in [6, 6.07) is 7.19. The van der Waals surface area contributed by atoms with Gasteiger partial charge in [-0.25, -0.2) is 0 Å². The standard InChI is InChI=1S/C16H23F2NO2/c1-3-20-12-4-11-19-13(2)5-6-14-7-9-15(10-8-14)21-16(17)18/h3,7-10,13,16,19H,1,4-6,11-12H2,2H3. The minimum atomic E-state index is -2.77. The Morgan fingerprint density at radius 1 is 1.29 bits per heavy atom. The average Bonchev–Trinajstić information content (AvgIpc) is 2.46. The molecule has 0 amide bonds. The second-order valence-electron chi connectivity index (χ2n) is 4.81. The molecule has 0 fully saturated rings. The summed E-state index contributed by atoms with van der Waals surface area (Å²) in [4.78, 5) is 0. The number of rotatable bonds is 11. The van der Waals surface area contributed by atoms with Gasteiger partial charge in [0.2, 0.25) is 0 Å². The van der Waals surface area contributed by atoms with Crippen molar-refractivity contribution in [1.82, 2.24) is 5.32 Å². The molecule has 3 nitrogen and oxygen atoms in total. The first-order valence-corrected chi connectivity index (χ1v) is 7.11. The van der Waals surface area contributed by atoms with Crippen molar-refractivity contribution in [3.63, 3.8) is 0 Å². The zero-order chi connectivity index (χ0) is 15.5. The van der Waals surface area contributed by atoms with Gasteiger partial charge >= 0.3 is 6.61 Å². The Morgan fingerprint density at radius 3 is 2.62 bits per heavy atom. The van der Waals surface area contributed by atoms with Crippen LogP contribution in [0.25, 0.3) is 0 Å². The Kier molecular flexibility index (Phi) is 8.43. The largest absolute Gasteiger partial charge is 0.502 e. The Bertz CT molecular complexity index is 396. The summed E-state index contributed by atoms with van der Waals surface area (Å²) in [5, 5.41) is 3.41. The van der Waals surface area contributed by atoms with E-state index in [2.05, 4.69) is 23.6 Å². The quantitative estimate of drug-likeness (QED) is 0.498. The van der Waals surface area contributed by atoms with Crippen LogP contribution in [0.4, 0.5) is 8.78 Å². The van der Waals surface area contributed by atoms with Gasteiger partial charge in [-0.05, 0) is 50.4 Å². The molecule has 0 saturated heterocycles. The van der Waals surface area contributed by atoms with E-state index in [4.69, 9.17) is 4.74 Å². The number of nitrogens with one attached hydrogen (secondary N) is 1. The van der Waals surface area contributed by atoms with E-state index in [1.165, 1.54) is 6.26 Å². The highest BCUT2D eigenvalue weighted by molar-refractivity contribution is 5.27. The summed E-state index contributed by atoms with van der Waals surface area (Å²) >= 11 is 0. The Labute approximate surface area is 124 Å². The van der Waals surface area contributed by atoms with Gasteiger partial charge in [-0.1, -0.05) is 18.7 Å². The molecule has 0 heterocycles. The van der Waals surface area contributed by atoms with Gasteiger partial charge in [0, 0.05) is 6.04 Å². The molecule has 1 N–H and O–H groups in total. The minimum absolute atomic E-state index is 0.196. The topological polar surface area (TPSA) is 30.5 Å². The molecule has 1 atom stereocenters. The average molecular weight is 299 g/mol. The number of ether oxygens (including phenoxy) is 2. The van der Waals surface area contributed by atoms with E-state index in [9.17, 15) is 8.78 Å². The lowest BCUT2D eigenvalue weighted by Crippen LogP contribution is -2.28. The molecule has 0 aliphatic rings. The molecule has 21 heavy (non-hydrogen) atoms. The summed E-state index contributed by atoms with van der Waals surface area (Å²) in [6.07, 6.45) is 4.27. The molecule has 5 heteroatoms. The lowest BCUT2D eigenvalue weighted by molar-refractivity contribution is -0.0498. The molecule has 0 aromatic heterocycles. The van der Waals surface area contributed by atoms with Crippen molar-refractivity contribution in [3.8, 4) is 5.75 Å². The van der Waals surface area contributed by atoms with E-state index in [1.807, 2.05) is 12.1 Å². The molecule has 1 aromatic rings. The van der Waals surface area contributed by atoms with Gasteiger partial charge in [0.1, 0.15) is 5.75 Å². The highest BCUT2D eigenvalue weighted by Crippen LogP contribution is 2.16. The van der Waals surface area contributed by atoms with E-state index >= 15 is 0 Å². The fourth-order valence-electron chi connectivity index (χ4n) is 1.91. The molecule has 0 aliphatic heterocycles. The monoisotopic (exact) mass is 299 g/mol. The van der Waals surface area contributed by atoms with Crippen LogP contribution in [0.5, 0.6) is 5.75 Å². The summed E-state index contributed by atoms with van der Waals surface area (Å²) in [5.41, 5.74) is 1.11. The molecule has 0 radical (unpaired) electrons. The van der Waals surface area contributed by atoms with Crippen LogP contribution < -0.4 is 10.1 Å². The van der Waals surface area contributed by atoms with Crippen LogP contribution in [0.3, 0.4) is 0 Å². The van der Waals surface area contributed by atoms with Crippen molar-refractivity contribution < 1.29 is 18.3 Å². The third-order valence-electron chi connectivity index (χ3n) is 3.06. The predicted molar refractivity (Wildman–Crippen MR) is 79.6 cm³/mol. The number of hydrogen-bond donors (Lipinski definition) is 1. The van der Waals surface area contributed by atoms with E-state index in [-0.39, 0.29) is 5.75 Å². The van der Waals surface area contributed by atoms with Crippen LogP contribution in [0.1, 0.15) is 25.3 Å². The molecule has 0 saturated carbocycles. The van der Waals surface area contributed by atoms with Gasteiger partial charge in [-0.15, -0.1) is 0 Å². The van der Waals surface area contributed by atoms with Crippen molar-refractivity contribution in [2.45, 2.75) is 38.8 Å². The number of alkyl halides is 2.